The zero-order chi connectivity index (χ0) is 14.8. The van der Waals surface area contributed by atoms with Gasteiger partial charge in [-0.2, -0.15) is 5.10 Å². The predicted molar refractivity (Wildman–Crippen MR) is 84.3 cm³/mol. The molecule has 0 spiro atoms. The molecule has 0 radical (unpaired) electrons. The predicted octanol–water partition coefficient (Wildman–Crippen LogP) is 3.63. The third kappa shape index (κ3) is 2.69. The first-order valence-electron chi connectivity index (χ1n) is 6.46. The van der Waals surface area contributed by atoms with Crippen LogP contribution in [0.25, 0.3) is 10.9 Å². The fourth-order valence-electron chi connectivity index (χ4n) is 2.23. The summed E-state index contributed by atoms with van der Waals surface area (Å²) in [6.45, 7) is 0.634. The van der Waals surface area contributed by atoms with Crippen LogP contribution < -0.4 is 0 Å². The summed E-state index contributed by atoms with van der Waals surface area (Å²) in [4.78, 5) is 11.5. The summed E-state index contributed by atoms with van der Waals surface area (Å²) in [5.74, 6) is -0.341. The second kappa shape index (κ2) is 5.69. The van der Waals surface area contributed by atoms with Crippen LogP contribution in [-0.4, -0.2) is 22.9 Å². The first-order valence-corrected chi connectivity index (χ1v) is 7.25. The monoisotopic (exact) mass is 344 g/mol. The Morgan fingerprint density at radius 2 is 2.10 bits per heavy atom. The molecule has 0 unspecified atom stereocenters. The summed E-state index contributed by atoms with van der Waals surface area (Å²) >= 11 is 3.51. The number of rotatable bonds is 3. The number of ether oxygens (including phenoxy) is 1. The standard InChI is InChI=1S/C16H13BrN2O2/c1-21-16(20)11-6-7-13(14(17)8-11)10-19-15-5-3-2-4-12(15)9-18-19/h2-9H,10H2,1H3. The van der Waals surface area contributed by atoms with Gasteiger partial charge < -0.3 is 4.74 Å². The molecule has 3 aromatic rings. The number of para-hydroxylation sites is 1. The maximum atomic E-state index is 11.5. The lowest BCUT2D eigenvalue weighted by molar-refractivity contribution is 0.0600. The number of benzene rings is 2. The van der Waals surface area contributed by atoms with Crippen LogP contribution in [0.2, 0.25) is 0 Å². The summed E-state index contributed by atoms with van der Waals surface area (Å²) in [5.41, 5.74) is 2.66. The molecule has 0 saturated carbocycles. The van der Waals surface area contributed by atoms with E-state index in [1.807, 2.05) is 41.2 Å². The third-order valence-electron chi connectivity index (χ3n) is 3.35. The molecule has 0 amide bonds. The molecule has 0 atom stereocenters. The molecule has 1 aromatic heterocycles. The van der Waals surface area contributed by atoms with Gasteiger partial charge >= 0.3 is 5.97 Å². The van der Waals surface area contributed by atoms with E-state index >= 15 is 0 Å². The SMILES string of the molecule is COC(=O)c1ccc(Cn2ncc3ccccc32)c(Br)c1. The maximum absolute atomic E-state index is 11.5. The van der Waals surface area contributed by atoms with E-state index in [0.717, 1.165) is 20.9 Å². The number of methoxy groups -OCH3 is 1. The van der Waals surface area contributed by atoms with E-state index in [-0.39, 0.29) is 5.97 Å². The van der Waals surface area contributed by atoms with Gasteiger partial charge in [-0.3, -0.25) is 4.68 Å². The van der Waals surface area contributed by atoms with Gasteiger partial charge in [0.1, 0.15) is 0 Å². The number of nitrogens with zero attached hydrogens (tertiary/aromatic N) is 2. The van der Waals surface area contributed by atoms with Gasteiger partial charge in [0.15, 0.2) is 0 Å². The summed E-state index contributed by atoms with van der Waals surface area (Å²) in [6, 6.07) is 13.5. The smallest absolute Gasteiger partial charge is 0.337 e. The van der Waals surface area contributed by atoms with Crippen molar-refractivity contribution in [3.05, 3.63) is 64.3 Å². The number of fused-ring (bicyclic) bond motifs is 1. The van der Waals surface area contributed by atoms with Crippen molar-refractivity contribution < 1.29 is 9.53 Å². The van der Waals surface area contributed by atoms with Crippen LogP contribution in [0.1, 0.15) is 15.9 Å². The molecule has 0 bridgehead atoms. The first-order chi connectivity index (χ1) is 10.2. The van der Waals surface area contributed by atoms with Crippen LogP contribution in [-0.2, 0) is 11.3 Å². The molecule has 21 heavy (non-hydrogen) atoms. The molecular formula is C16H13BrN2O2. The van der Waals surface area contributed by atoms with Crippen molar-refractivity contribution in [1.82, 2.24) is 9.78 Å². The fraction of sp³-hybridized carbons (Fsp3) is 0.125. The van der Waals surface area contributed by atoms with Crippen LogP contribution in [0.3, 0.4) is 0 Å². The Hall–Kier alpha value is -2.14. The van der Waals surface area contributed by atoms with Crippen molar-refractivity contribution in [2.24, 2.45) is 0 Å². The number of carbonyl (C=O) groups is 1. The van der Waals surface area contributed by atoms with Crippen LogP contribution in [0.15, 0.2) is 53.1 Å². The Morgan fingerprint density at radius 1 is 1.29 bits per heavy atom. The van der Waals surface area contributed by atoms with Gasteiger partial charge in [0.25, 0.3) is 0 Å². The number of esters is 1. The van der Waals surface area contributed by atoms with Crippen molar-refractivity contribution in [3.8, 4) is 0 Å². The molecule has 3 rings (SSSR count). The highest BCUT2D eigenvalue weighted by molar-refractivity contribution is 9.10. The highest BCUT2D eigenvalue weighted by atomic mass is 79.9. The molecule has 0 N–H and O–H groups in total. The highest BCUT2D eigenvalue weighted by Gasteiger charge is 2.10. The minimum Gasteiger partial charge on any atom is -0.465 e. The molecular weight excluding hydrogens is 332 g/mol. The molecule has 0 saturated heterocycles. The molecule has 1 heterocycles. The van der Waals surface area contributed by atoms with E-state index in [4.69, 9.17) is 4.74 Å². The second-order valence-corrected chi connectivity index (χ2v) is 5.51. The van der Waals surface area contributed by atoms with Crippen LogP contribution in [0.4, 0.5) is 0 Å². The van der Waals surface area contributed by atoms with Crippen molar-refractivity contribution in [1.29, 1.82) is 0 Å². The average Bonchev–Trinajstić information content (AvgIpc) is 2.92. The minimum atomic E-state index is -0.341. The third-order valence-corrected chi connectivity index (χ3v) is 4.08. The lowest BCUT2D eigenvalue weighted by Crippen LogP contribution is -2.05. The summed E-state index contributed by atoms with van der Waals surface area (Å²) in [7, 11) is 1.38. The summed E-state index contributed by atoms with van der Waals surface area (Å²) < 4.78 is 7.52. The number of carbonyl (C=O) groups excluding carboxylic acids is 1. The van der Waals surface area contributed by atoms with Gasteiger partial charge in [-0.05, 0) is 23.8 Å². The highest BCUT2D eigenvalue weighted by Crippen LogP contribution is 2.22. The van der Waals surface area contributed by atoms with E-state index in [1.165, 1.54) is 7.11 Å². The number of aromatic nitrogens is 2. The quantitative estimate of drug-likeness (QED) is 0.681. The van der Waals surface area contributed by atoms with E-state index in [9.17, 15) is 4.79 Å². The van der Waals surface area contributed by atoms with Crippen molar-refractivity contribution in [2.45, 2.75) is 6.54 Å². The summed E-state index contributed by atoms with van der Waals surface area (Å²) in [5, 5.41) is 5.52. The Balaban J connectivity index is 1.93. The van der Waals surface area contributed by atoms with Crippen molar-refractivity contribution in [2.75, 3.05) is 7.11 Å². The van der Waals surface area contributed by atoms with Crippen molar-refractivity contribution >= 4 is 32.8 Å². The Morgan fingerprint density at radius 3 is 2.86 bits per heavy atom. The lowest BCUT2D eigenvalue weighted by atomic mass is 10.1. The first kappa shape index (κ1) is 13.8. The van der Waals surface area contributed by atoms with Crippen LogP contribution in [0.5, 0.6) is 0 Å². The largest absolute Gasteiger partial charge is 0.465 e. The average molecular weight is 345 g/mol. The topological polar surface area (TPSA) is 44.1 Å². The normalized spacial score (nSPS) is 10.8. The molecule has 0 fully saturated rings. The Kier molecular flexibility index (Phi) is 3.75. The van der Waals surface area contributed by atoms with Crippen LogP contribution >= 0.6 is 15.9 Å². The van der Waals surface area contributed by atoms with E-state index in [1.54, 1.807) is 12.1 Å². The van der Waals surface area contributed by atoms with E-state index in [2.05, 4.69) is 21.0 Å². The minimum absolute atomic E-state index is 0.341. The van der Waals surface area contributed by atoms with Gasteiger partial charge in [0.2, 0.25) is 0 Å². The molecule has 0 aliphatic rings. The Labute approximate surface area is 130 Å². The number of halogens is 1. The maximum Gasteiger partial charge on any atom is 0.337 e. The van der Waals surface area contributed by atoms with E-state index < -0.39 is 0 Å². The van der Waals surface area contributed by atoms with Crippen LogP contribution in [0, 0.1) is 0 Å². The van der Waals surface area contributed by atoms with E-state index in [0.29, 0.717) is 12.1 Å². The molecule has 106 valence electrons. The lowest BCUT2D eigenvalue weighted by Gasteiger charge is -2.08. The Bertz CT molecular complexity index is 811. The van der Waals surface area contributed by atoms with Gasteiger partial charge in [-0.1, -0.05) is 40.2 Å². The number of hydrogen-bond donors (Lipinski definition) is 0. The van der Waals surface area contributed by atoms with Gasteiger partial charge in [0.05, 0.1) is 30.9 Å². The molecule has 2 aromatic carbocycles. The molecule has 4 nitrogen and oxygen atoms in total. The summed E-state index contributed by atoms with van der Waals surface area (Å²) in [6.07, 6.45) is 1.85. The van der Waals surface area contributed by atoms with Gasteiger partial charge in [0, 0.05) is 9.86 Å². The number of hydrogen-bond acceptors (Lipinski definition) is 3. The van der Waals surface area contributed by atoms with Crippen molar-refractivity contribution in [3.63, 3.8) is 0 Å². The van der Waals surface area contributed by atoms with Gasteiger partial charge in [-0.25, -0.2) is 4.79 Å². The van der Waals surface area contributed by atoms with Gasteiger partial charge in [-0.15, -0.1) is 0 Å². The molecule has 0 aliphatic carbocycles. The zero-order valence-corrected chi connectivity index (χ0v) is 13.0. The molecule has 0 aliphatic heterocycles. The second-order valence-electron chi connectivity index (χ2n) is 4.66. The fourth-order valence-corrected chi connectivity index (χ4v) is 2.74. The molecule has 5 heteroatoms. The zero-order valence-electron chi connectivity index (χ0n) is 11.4.